The molecule has 2 N–H and O–H groups in total. The third-order valence-electron chi connectivity index (χ3n) is 5.37. The van der Waals surface area contributed by atoms with E-state index in [9.17, 15) is 0 Å². The molecule has 2 unspecified atom stereocenters. The molecule has 1 nitrogen and oxygen atoms in total. The monoisotopic (exact) mass is 337 g/mol. The molecule has 0 saturated heterocycles. The minimum atomic E-state index is 0.197. The quantitative estimate of drug-likeness (QED) is 0.582. The average molecular weight is 338 g/mol. The summed E-state index contributed by atoms with van der Waals surface area (Å²) in [5, 5.41) is 0. The summed E-state index contributed by atoms with van der Waals surface area (Å²) in [5.74, 6) is 0.714. The molecule has 0 saturated carbocycles. The molecule has 0 aliphatic rings. The van der Waals surface area contributed by atoms with Gasteiger partial charge in [-0.25, -0.2) is 0 Å². The molecule has 0 amide bonds. The fraction of sp³-hybridized carbons (Fsp3) is 0.500. The predicted molar refractivity (Wildman–Crippen MR) is 110 cm³/mol. The highest BCUT2D eigenvalue weighted by Gasteiger charge is 2.25. The van der Waals surface area contributed by atoms with Crippen LogP contribution in [0, 0.1) is 11.3 Å². The minimum absolute atomic E-state index is 0.197. The molecule has 0 fully saturated rings. The summed E-state index contributed by atoms with van der Waals surface area (Å²) in [6.07, 6.45) is 7.14. The second-order valence-corrected chi connectivity index (χ2v) is 8.05. The fourth-order valence-corrected chi connectivity index (χ4v) is 3.92. The first-order valence-electron chi connectivity index (χ1n) is 9.86. The van der Waals surface area contributed by atoms with Crippen LogP contribution in [0.15, 0.2) is 54.6 Å². The third-order valence-corrected chi connectivity index (χ3v) is 5.37. The molecule has 0 radical (unpaired) electrons. The molecule has 2 rings (SSSR count). The number of aryl methyl sites for hydroxylation is 2. The number of benzene rings is 2. The van der Waals surface area contributed by atoms with E-state index >= 15 is 0 Å². The van der Waals surface area contributed by atoms with Crippen molar-refractivity contribution in [1.82, 2.24) is 0 Å². The van der Waals surface area contributed by atoms with Crippen LogP contribution in [-0.4, -0.2) is 6.54 Å². The molecule has 0 aliphatic heterocycles. The molecule has 0 heterocycles. The van der Waals surface area contributed by atoms with Crippen molar-refractivity contribution in [3.05, 3.63) is 71.3 Å². The lowest BCUT2D eigenvalue weighted by atomic mass is 9.75. The van der Waals surface area contributed by atoms with E-state index in [2.05, 4.69) is 75.4 Å². The van der Waals surface area contributed by atoms with Crippen molar-refractivity contribution < 1.29 is 0 Å². The van der Waals surface area contributed by atoms with Gasteiger partial charge in [-0.2, -0.15) is 0 Å². The lowest BCUT2D eigenvalue weighted by molar-refractivity contribution is 0.246. The zero-order chi connectivity index (χ0) is 18.1. The molecule has 25 heavy (non-hydrogen) atoms. The largest absolute Gasteiger partial charge is 0.330 e. The van der Waals surface area contributed by atoms with Crippen molar-refractivity contribution >= 4 is 0 Å². The summed E-state index contributed by atoms with van der Waals surface area (Å²) in [6, 6.07) is 19.8. The lowest BCUT2D eigenvalue weighted by Crippen LogP contribution is -2.31. The predicted octanol–water partition coefficient (Wildman–Crippen LogP) is 5.81. The molecular formula is C24H35N. The molecule has 136 valence electrons. The van der Waals surface area contributed by atoms with Crippen LogP contribution in [0.3, 0.4) is 0 Å². The summed E-state index contributed by atoms with van der Waals surface area (Å²) in [7, 11) is 0. The Morgan fingerprint density at radius 1 is 0.960 bits per heavy atom. The Bertz CT molecular complexity index is 619. The van der Waals surface area contributed by atoms with E-state index in [0.29, 0.717) is 5.92 Å². The van der Waals surface area contributed by atoms with E-state index in [4.69, 9.17) is 5.73 Å². The summed E-state index contributed by atoms with van der Waals surface area (Å²) in [5.41, 5.74) is 10.7. The number of rotatable bonds is 10. The molecule has 1 heteroatoms. The van der Waals surface area contributed by atoms with E-state index in [0.717, 1.165) is 19.4 Å². The zero-order valence-corrected chi connectivity index (χ0v) is 16.3. The van der Waals surface area contributed by atoms with Gasteiger partial charge in [-0.3, -0.25) is 0 Å². The Morgan fingerprint density at radius 2 is 1.64 bits per heavy atom. The highest BCUT2D eigenvalue weighted by molar-refractivity contribution is 5.23. The zero-order valence-electron chi connectivity index (χ0n) is 16.3. The van der Waals surface area contributed by atoms with Crippen molar-refractivity contribution in [3.8, 4) is 0 Å². The summed E-state index contributed by atoms with van der Waals surface area (Å²) in [4.78, 5) is 0. The first kappa shape index (κ1) is 19.7. The third kappa shape index (κ3) is 6.66. The van der Waals surface area contributed by atoms with Crippen LogP contribution in [0.4, 0.5) is 0 Å². The maximum atomic E-state index is 6.15. The van der Waals surface area contributed by atoms with E-state index in [1.54, 1.807) is 0 Å². The van der Waals surface area contributed by atoms with Gasteiger partial charge in [-0.15, -0.1) is 0 Å². The molecule has 2 atom stereocenters. The fourth-order valence-electron chi connectivity index (χ4n) is 3.92. The molecule has 0 aliphatic carbocycles. The number of nitrogens with two attached hydrogens (primary N) is 1. The normalized spacial score (nSPS) is 14.9. The maximum absolute atomic E-state index is 6.15. The molecule has 0 bridgehead atoms. The van der Waals surface area contributed by atoms with E-state index in [1.807, 2.05) is 0 Å². The van der Waals surface area contributed by atoms with Gasteiger partial charge < -0.3 is 5.73 Å². The van der Waals surface area contributed by atoms with Crippen LogP contribution < -0.4 is 5.73 Å². The van der Waals surface area contributed by atoms with Gasteiger partial charge in [0, 0.05) is 0 Å². The van der Waals surface area contributed by atoms with E-state index in [-0.39, 0.29) is 5.41 Å². The van der Waals surface area contributed by atoms with Crippen molar-refractivity contribution in [1.29, 1.82) is 0 Å². The number of hydrogen-bond donors (Lipinski definition) is 1. The van der Waals surface area contributed by atoms with Crippen LogP contribution in [0.2, 0.25) is 0 Å². The van der Waals surface area contributed by atoms with Gasteiger partial charge in [0.15, 0.2) is 0 Å². The van der Waals surface area contributed by atoms with Gasteiger partial charge in [0.25, 0.3) is 0 Å². The Labute approximate surface area is 154 Å². The molecule has 0 aromatic heterocycles. The lowest BCUT2D eigenvalue weighted by Gasteiger charge is -2.31. The van der Waals surface area contributed by atoms with Gasteiger partial charge >= 0.3 is 0 Å². The van der Waals surface area contributed by atoms with Crippen LogP contribution >= 0.6 is 0 Å². The molecule has 2 aromatic rings. The summed E-state index contributed by atoms with van der Waals surface area (Å²) < 4.78 is 0. The van der Waals surface area contributed by atoms with E-state index < -0.39 is 0 Å². The van der Waals surface area contributed by atoms with Crippen LogP contribution in [0.1, 0.15) is 56.7 Å². The Kier molecular flexibility index (Phi) is 7.71. The summed E-state index contributed by atoms with van der Waals surface area (Å²) >= 11 is 0. The Morgan fingerprint density at radius 3 is 2.32 bits per heavy atom. The van der Waals surface area contributed by atoms with Crippen LogP contribution in [0.5, 0.6) is 0 Å². The summed E-state index contributed by atoms with van der Waals surface area (Å²) in [6.45, 7) is 7.72. The van der Waals surface area contributed by atoms with Gasteiger partial charge in [0.2, 0.25) is 0 Å². The second-order valence-electron chi connectivity index (χ2n) is 8.05. The van der Waals surface area contributed by atoms with Gasteiger partial charge in [-0.1, -0.05) is 81.8 Å². The van der Waals surface area contributed by atoms with Crippen molar-refractivity contribution in [3.63, 3.8) is 0 Å². The van der Waals surface area contributed by atoms with Crippen LogP contribution in [0.25, 0.3) is 0 Å². The maximum Gasteiger partial charge on any atom is -0.00199 e. The SMILES string of the molecule is CCc1cccc(CCCC(C)CC(C)(CN)Cc2ccccc2)c1. The van der Waals surface area contributed by atoms with Crippen molar-refractivity contribution in [2.45, 2.75) is 59.3 Å². The van der Waals surface area contributed by atoms with Crippen molar-refractivity contribution in [2.75, 3.05) is 6.54 Å². The van der Waals surface area contributed by atoms with Gasteiger partial charge in [-0.05, 0) is 66.7 Å². The average Bonchev–Trinajstić information content (AvgIpc) is 2.62. The smallest absolute Gasteiger partial charge is 0.00199 e. The van der Waals surface area contributed by atoms with Gasteiger partial charge in [0.05, 0.1) is 0 Å². The van der Waals surface area contributed by atoms with Crippen LogP contribution in [-0.2, 0) is 19.3 Å². The first-order valence-corrected chi connectivity index (χ1v) is 9.86. The Balaban J connectivity index is 1.81. The second kappa shape index (κ2) is 9.77. The van der Waals surface area contributed by atoms with Gasteiger partial charge in [0.1, 0.15) is 0 Å². The first-order chi connectivity index (χ1) is 12.0. The van der Waals surface area contributed by atoms with Crippen molar-refractivity contribution in [2.24, 2.45) is 17.1 Å². The number of hydrogen-bond acceptors (Lipinski definition) is 1. The standard InChI is InChI=1S/C24H35N/c1-4-21-13-9-15-22(16-21)14-8-10-20(2)17-24(3,19-25)18-23-11-6-5-7-12-23/h5-7,9,11-13,15-16,20H,4,8,10,14,17-19,25H2,1-3H3. The highest BCUT2D eigenvalue weighted by Crippen LogP contribution is 2.31. The molecule has 2 aromatic carbocycles. The Hall–Kier alpha value is -1.60. The minimum Gasteiger partial charge on any atom is -0.330 e. The molecular weight excluding hydrogens is 302 g/mol. The molecule has 0 spiro atoms. The topological polar surface area (TPSA) is 26.0 Å². The highest BCUT2D eigenvalue weighted by atomic mass is 14.6. The van der Waals surface area contributed by atoms with E-state index in [1.165, 1.54) is 42.4 Å².